The van der Waals surface area contributed by atoms with Crippen LogP contribution in [0, 0.1) is 0 Å². The third kappa shape index (κ3) is 3.16. The highest BCUT2D eigenvalue weighted by molar-refractivity contribution is 7.91. The van der Waals surface area contributed by atoms with Gasteiger partial charge in [-0.25, -0.2) is 13.4 Å². The number of carbonyl (C=O) groups excluding carboxylic acids is 1. The summed E-state index contributed by atoms with van der Waals surface area (Å²) in [6.45, 7) is 1.74. The number of para-hydroxylation sites is 2. The fourth-order valence-corrected chi connectivity index (χ4v) is 3.52. The first kappa shape index (κ1) is 16.2. The first-order chi connectivity index (χ1) is 11.5. The molecule has 124 valence electrons. The normalized spacial score (nSPS) is 11.5. The van der Waals surface area contributed by atoms with E-state index in [1.54, 1.807) is 19.1 Å². The Morgan fingerprint density at radius 1 is 1.12 bits per heavy atom. The number of nitrogens with one attached hydrogen (secondary N) is 2. The minimum atomic E-state index is -3.46. The summed E-state index contributed by atoms with van der Waals surface area (Å²) in [6, 6.07) is 13.8. The smallest absolute Gasteiger partial charge is 0.252 e. The van der Waals surface area contributed by atoms with Gasteiger partial charge in [-0.05, 0) is 24.3 Å². The number of imidazole rings is 1. The minimum absolute atomic E-state index is 0.0506. The van der Waals surface area contributed by atoms with E-state index in [0.717, 1.165) is 11.0 Å². The third-order valence-corrected chi connectivity index (χ3v) is 5.49. The van der Waals surface area contributed by atoms with Crippen molar-refractivity contribution in [3.8, 4) is 0 Å². The van der Waals surface area contributed by atoms with Crippen LogP contribution in [0.25, 0.3) is 11.0 Å². The number of benzene rings is 2. The lowest BCUT2D eigenvalue weighted by molar-refractivity contribution is 0.0946. The number of H-pyrrole nitrogens is 1. The molecule has 6 nitrogen and oxygen atoms in total. The number of sulfone groups is 1. The Hall–Kier alpha value is -2.67. The molecule has 0 aliphatic carbocycles. The van der Waals surface area contributed by atoms with Gasteiger partial charge in [0.05, 0.1) is 33.8 Å². The SMILES string of the molecule is CCS(=O)(=O)c1ccccc1C(=O)NCc1nc2ccccc2[nH]1. The van der Waals surface area contributed by atoms with Crippen LogP contribution in [0.15, 0.2) is 53.4 Å². The molecule has 2 N–H and O–H groups in total. The summed E-state index contributed by atoms with van der Waals surface area (Å²) in [4.78, 5) is 19.9. The Labute approximate surface area is 139 Å². The van der Waals surface area contributed by atoms with Gasteiger partial charge in [0.1, 0.15) is 5.82 Å². The minimum Gasteiger partial charge on any atom is -0.345 e. The Morgan fingerprint density at radius 2 is 1.83 bits per heavy atom. The number of hydrogen-bond donors (Lipinski definition) is 2. The summed E-state index contributed by atoms with van der Waals surface area (Å²) in [6.07, 6.45) is 0. The van der Waals surface area contributed by atoms with Crippen LogP contribution >= 0.6 is 0 Å². The molecule has 0 radical (unpaired) electrons. The van der Waals surface area contributed by atoms with Crippen molar-refractivity contribution in [2.24, 2.45) is 0 Å². The predicted molar refractivity (Wildman–Crippen MR) is 91.4 cm³/mol. The second kappa shape index (κ2) is 6.45. The molecule has 1 heterocycles. The van der Waals surface area contributed by atoms with Crippen LogP contribution in [-0.4, -0.2) is 30.0 Å². The molecule has 7 heteroatoms. The summed E-state index contributed by atoms with van der Waals surface area (Å²) < 4.78 is 24.2. The summed E-state index contributed by atoms with van der Waals surface area (Å²) in [5, 5.41) is 2.72. The number of amides is 1. The molecule has 0 atom stereocenters. The number of aromatic nitrogens is 2. The Balaban J connectivity index is 1.81. The van der Waals surface area contributed by atoms with E-state index in [1.807, 2.05) is 24.3 Å². The van der Waals surface area contributed by atoms with E-state index in [-0.39, 0.29) is 22.8 Å². The molecule has 0 saturated heterocycles. The van der Waals surface area contributed by atoms with Crippen molar-refractivity contribution < 1.29 is 13.2 Å². The number of aromatic amines is 1. The van der Waals surface area contributed by atoms with E-state index in [4.69, 9.17) is 0 Å². The average molecular weight is 343 g/mol. The number of carbonyl (C=O) groups is 1. The highest BCUT2D eigenvalue weighted by Gasteiger charge is 2.20. The molecular weight excluding hydrogens is 326 g/mol. The van der Waals surface area contributed by atoms with Gasteiger partial charge in [-0.15, -0.1) is 0 Å². The molecule has 3 aromatic rings. The number of nitrogens with zero attached hydrogens (tertiary/aromatic N) is 1. The number of hydrogen-bond acceptors (Lipinski definition) is 4. The maximum Gasteiger partial charge on any atom is 0.252 e. The fraction of sp³-hybridized carbons (Fsp3) is 0.176. The van der Waals surface area contributed by atoms with Gasteiger partial charge in [0.25, 0.3) is 5.91 Å². The molecule has 0 saturated carbocycles. The summed E-state index contributed by atoms with van der Waals surface area (Å²) in [7, 11) is -3.46. The van der Waals surface area contributed by atoms with Gasteiger partial charge < -0.3 is 10.3 Å². The van der Waals surface area contributed by atoms with Crippen molar-refractivity contribution in [2.75, 3.05) is 5.75 Å². The second-order valence-electron chi connectivity index (χ2n) is 5.28. The third-order valence-electron chi connectivity index (χ3n) is 3.70. The first-order valence-electron chi connectivity index (χ1n) is 7.55. The standard InChI is InChI=1S/C17H17N3O3S/c1-2-24(22,23)15-10-6-3-7-12(15)17(21)18-11-16-19-13-8-4-5-9-14(13)20-16/h3-10H,2,11H2,1H3,(H,18,21)(H,19,20). The molecular formula is C17H17N3O3S. The van der Waals surface area contributed by atoms with Crippen LogP contribution in [-0.2, 0) is 16.4 Å². The van der Waals surface area contributed by atoms with Gasteiger partial charge in [0.2, 0.25) is 0 Å². The van der Waals surface area contributed by atoms with Gasteiger partial charge in [0.15, 0.2) is 9.84 Å². The van der Waals surface area contributed by atoms with Gasteiger partial charge in [-0.1, -0.05) is 31.2 Å². The van der Waals surface area contributed by atoms with E-state index in [1.165, 1.54) is 12.1 Å². The molecule has 1 aromatic heterocycles. The number of rotatable bonds is 5. The highest BCUT2D eigenvalue weighted by Crippen LogP contribution is 2.17. The van der Waals surface area contributed by atoms with Crippen molar-refractivity contribution >= 4 is 26.8 Å². The van der Waals surface area contributed by atoms with Crippen molar-refractivity contribution in [1.29, 1.82) is 0 Å². The van der Waals surface area contributed by atoms with E-state index < -0.39 is 15.7 Å². The van der Waals surface area contributed by atoms with Crippen LogP contribution in [0.4, 0.5) is 0 Å². The first-order valence-corrected chi connectivity index (χ1v) is 9.20. The van der Waals surface area contributed by atoms with Gasteiger partial charge in [-0.2, -0.15) is 0 Å². The van der Waals surface area contributed by atoms with Crippen LogP contribution in [0.3, 0.4) is 0 Å². The Morgan fingerprint density at radius 3 is 2.58 bits per heavy atom. The summed E-state index contributed by atoms with van der Waals surface area (Å²) >= 11 is 0. The van der Waals surface area contributed by atoms with Gasteiger partial charge in [-0.3, -0.25) is 4.79 Å². The summed E-state index contributed by atoms with van der Waals surface area (Å²) in [5.74, 6) is 0.115. The van der Waals surface area contributed by atoms with Crippen molar-refractivity contribution in [1.82, 2.24) is 15.3 Å². The lowest BCUT2D eigenvalue weighted by Crippen LogP contribution is -2.25. The topological polar surface area (TPSA) is 91.9 Å². The molecule has 1 amide bonds. The maximum atomic E-state index is 12.4. The monoisotopic (exact) mass is 343 g/mol. The molecule has 3 rings (SSSR count). The molecule has 24 heavy (non-hydrogen) atoms. The maximum absolute atomic E-state index is 12.4. The largest absolute Gasteiger partial charge is 0.345 e. The average Bonchev–Trinajstić information content (AvgIpc) is 3.02. The lowest BCUT2D eigenvalue weighted by atomic mass is 10.2. The van der Waals surface area contributed by atoms with Gasteiger partial charge >= 0.3 is 0 Å². The van der Waals surface area contributed by atoms with Crippen molar-refractivity contribution in [3.05, 3.63) is 59.9 Å². The second-order valence-corrected chi connectivity index (χ2v) is 7.53. The number of fused-ring (bicyclic) bond motifs is 1. The molecule has 0 unspecified atom stereocenters. The quantitative estimate of drug-likeness (QED) is 0.743. The molecule has 0 spiro atoms. The Bertz CT molecular complexity index is 960. The van der Waals surface area contributed by atoms with Crippen LogP contribution in [0.5, 0.6) is 0 Å². The zero-order valence-electron chi connectivity index (χ0n) is 13.1. The fourth-order valence-electron chi connectivity index (χ4n) is 2.43. The summed E-state index contributed by atoms with van der Waals surface area (Å²) in [5.41, 5.74) is 1.85. The van der Waals surface area contributed by atoms with Crippen LogP contribution < -0.4 is 5.32 Å². The molecule has 0 aliphatic heterocycles. The predicted octanol–water partition coefficient (Wildman–Crippen LogP) is 2.29. The van der Waals surface area contributed by atoms with Crippen molar-refractivity contribution in [2.45, 2.75) is 18.4 Å². The Kier molecular flexibility index (Phi) is 4.35. The lowest BCUT2D eigenvalue weighted by Gasteiger charge is -2.09. The van der Waals surface area contributed by atoms with Gasteiger partial charge in [0, 0.05) is 0 Å². The molecule has 0 aliphatic rings. The molecule has 2 aromatic carbocycles. The van der Waals surface area contributed by atoms with Crippen molar-refractivity contribution in [3.63, 3.8) is 0 Å². The zero-order valence-corrected chi connectivity index (χ0v) is 13.9. The van der Waals surface area contributed by atoms with E-state index in [9.17, 15) is 13.2 Å². The zero-order chi connectivity index (χ0) is 17.2. The molecule has 0 bridgehead atoms. The van der Waals surface area contributed by atoms with Crippen LogP contribution in [0.1, 0.15) is 23.1 Å². The van der Waals surface area contributed by atoms with E-state index in [2.05, 4.69) is 15.3 Å². The highest BCUT2D eigenvalue weighted by atomic mass is 32.2. The van der Waals surface area contributed by atoms with E-state index >= 15 is 0 Å². The van der Waals surface area contributed by atoms with Crippen LogP contribution in [0.2, 0.25) is 0 Å². The van der Waals surface area contributed by atoms with E-state index in [0.29, 0.717) is 5.82 Å². The molecule has 0 fully saturated rings.